The number of phenols is 1. The molecule has 1 atom stereocenters. The van der Waals surface area contributed by atoms with Crippen molar-refractivity contribution in [1.82, 2.24) is 0 Å². The number of benzene rings is 1. The summed E-state index contributed by atoms with van der Waals surface area (Å²) in [5, 5.41) is 10.4. The quantitative estimate of drug-likeness (QED) is 0.460. The Morgan fingerprint density at radius 1 is 1.16 bits per heavy atom. The van der Waals surface area contributed by atoms with Gasteiger partial charge in [-0.05, 0) is 48.3 Å². The topological polar surface area (TPSA) is 46.5 Å². The van der Waals surface area contributed by atoms with Crippen molar-refractivity contribution in [2.24, 2.45) is 5.92 Å². The predicted octanol–water partition coefficient (Wildman–Crippen LogP) is 5.69. The first-order valence-electron chi connectivity index (χ1n) is 9.70. The number of unbranched alkanes of at least 4 members (excludes halogenated alkanes) is 3. The maximum atomic E-state index is 12.4. The summed E-state index contributed by atoms with van der Waals surface area (Å²) in [5.41, 5.74) is 2.76. The van der Waals surface area contributed by atoms with Gasteiger partial charge in [-0.3, -0.25) is 4.79 Å². The minimum atomic E-state index is -0.133. The Morgan fingerprint density at radius 3 is 2.40 bits per heavy atom. The molecular weight excluding hydrogens is 312 g/mol. The maximum Gasteiger partial charge on any atom is 0.309 e. The highest BCUT2D eigenvalue weighted by molar-refractivity contribution is 5.72. The van der Waals surface area contributed by atoms with Crippen molar-refractivity contribution in [2.45, 2.75) is 85.5 Å². The molecule has 1 unspecified atom stereocenters. The largest absolute Gasteiger partial charge is 0.507 e. The molecule has 1 aromatic carbocycles. The smallest absolute Gasteiger partial charge is 0.309 e. The number of ether oxygens (including phenoxy) is 1. The van der Waals surface area contributed by atoms with E-state index in [2.05, 4.69) is 27.7 Å². The van der Waals surface area contributed by atoms with Crippen molar-refractivity contribution in [3.05, 3.63) is 28.8 Å². The molecule has 3 heteroatoms. The molecule has 0 heterocycles. The summed E-state index contributed by atoms with van der Waals surface area (Å²) in [6, 6.07) is 4.03. The number of phenolic OH excluding ortho intramolecular Hbond substituents is 1. The Kier molecular flexibility index (Phi) is 8.47. The lowest BCUT2D eigenvalue weighted by molar-refractivity contribution is -0.148. The molecule has 0 fully saturated rings. The van der Waals surface area contributed by atoms with E-state index in [4.69, 9.17) is 4.74 Å². The van der Waals surface area contributed by atoms with Crippen LogP contribution < -0.4 is 0 Å². The Hall–Kier alpha value is -1.51. The lowest BCUT2D eigenvalue weighted by atomic mass is 9.83. The third-order valence-electron chi connectivity index (χ3n) is 4.72. The van der Waals surface area contributed by atoms with E-state index in [1.807, 2.05) is 26.0 Å². The molecule has 1 N–H and O–H groups in total. The summed E-state index contributed by atoms with van der Waals surface area (Å²) in [4.78, 5) is 12.4. The van der Waals surface area contributed by atoms with Crippen molar-refractivity contribution in [2.75, 3.05) is 6.61 Å². The van der Waals surface area contributed by atoms with Crippen LogP contribution in [0, 0.1) is 12.8 Å². The molecule has 0 aliphatic heterocycles. The summed E-state index contributed by atoms with van der Waals surface area (Å²) in [7, 11) is 0. The van der Waals surface area contributed by atoms with Crippen LogP contribution in [0.5, 0.6) is 5.75 Å². The predicted molar refractivity (Wildman–Crippen MR) is 104 cm³/mol. The molecule has 0 bridgehead atoms. The minimum absolute atomic E-state index is 0.0953. The molecule has 0 radical (unpaired) electrons. The molecule has 0 aromatic heterocycles. The SMILES string of the molecule is CCCCCCOC(=O)C(CC)Cc1cc(C)c(O)c(C(C)(C)C)c1. The van der Waals surface area contributed by atoms with Gasteiger partial charge in [-0.15, -0.1) is 0 Å². The van der Waals surface area contributed by atoms with Crippen molar-refractivity contribution in [3.63, 3.8) is 0 Å². The minimum Gasteiger partial charge on any atom is -0.507 e. The van der Waals surface area contributed by atoms with E-state index in [1.54, 1.807) is 0 Å². The van der Waals surface area contributed by atoms with Crippen LogP contribution in [0.4, 0.5) is 0 Å². The van der Waals surface area contributed by atoms with Gasteiger partial charge in [0, 0.05) is 0 Å². The summed E-state index contributed by atoms with van der Waals surface area (Å²) < 4.78 is 5.48. The van der Waals surface area contributed by atoms with Crippen LogP contribution in [-0.4, -0.2) is 17.7 Å². The van der Waals surface area contributed by atoms with Gasteiger partial charge in [0.05, 0.1) is 12.5 Å². The second-order valence-corrected chi connectivity index (χ2v) is 8.10. The molecule has 0 aliphatic rings. The standard InChI is InChI=1S/C22H36O3/c1-7-9-10-11-12-25-21(24)18(8-2)14-17-13-16(3)20(23)19(15-17)22(4,5)6/h13,15,18,23H,7-12,14H2,1-6H3. The molecule has 0 amide bonds. The van der Waals surface area contributed by atoms with Gasteiger partial charge in [0.1, 0.15) is 5.75 Å². The average Bonchev–Trinajstić information content (AvgIpc) is 2.54. The summed E-state index contributed by atoms with van der Waals surface area (Å²) in [6.07, 6.45) is 5.86. The average molecular weight is 349 g/mol. The van der Waals surface area contributed by atoms with E-state index < -0.39 is 0 Å². The second-order valence-electron chi connectivity index (χ2n) is 8.10. The van der Waals surface area contributed by atoms with Gasteiger partial charge in [0.2, 0.25) is 0 Å². The monoisotopic (exact) mass is 348 g/mol. The highest BCUT2D eigenvalue weighted by atomic mass is 16.5. The molecule has 1 aromatic rings. The zero-order chi connectivity index (χ0) is 19.0. The number of carbonyl (C=O) groups excluding carboxylic acids is 1. The van der Waals surface area contributed by atoms with Crippen LogP contribution in [0.1, 0.15) is 83.4 Å². The Labute approximate surface area is 153 Å². The van der Waals surface area contributed by atoms with Gasteiger partial charge >= 0.3 is 5.97 Å². The van der Waals surface area contributed by atoms with Crippen LogP contribution in [0.15, 0.2) is 12.1 Å². The zero-order valence-corrected chi connectivity index (χ0v) is 16.9. The number of hydrogen-bond donors (Lipinski definition) is 1. The first-order valence-corrected chi connectivity index (χ1v) is 9.70. The highest BCUT2D eigenvalue weighted by Crippen LogP contribution is 2.34. The van der Waals surface area contributed by atoms with Gasteiger partial charge in [0.25, 0.3) is 0 Å². The van der Waals surface area contributed by atoms with Crippen LogP contribution in [0.3, 0.4) is 0 Å². The second kappa shape index (κ2) is 9.84. The van der Waals surface area contributed by atoms with E-state index in [1.165, 1.54) is 12.8 Å². The van der Waals surface area contributed by atoms with Gasteiger partial charge in [0.15, 0.2) is 0 Å². The fourth-order valence-electron chi connectivity index (χ4n) is 3.04. The fraction of sp³-hybridized carbons (Fsp3) is 0.682. The van der Waals surface area contributed by atoms with Crippen LogP contribution in [0.25, 0.3) is 0 Å². The van der Waals surface area contributed by atoms with E-state index in [9.17, 15) is 9.90 Å². The molecule has 0 saturated heterocycles. The number of carbonyl (C=O) groups is 1. The highest BCUT2D eigenvalue weighted by Gasteiger charge is 2.23. The first kappa shape index (κ1) is 21.5. The molecule has 142 valence electrons. The lowest BCUT2D eigenvalue weighted by Crippen LogP contribution is -2.20. The molecule has 0 aliphatic carbocycles. The van der Waals surface area contributed by atoms with Gasteiger partial charge in [-0.1, -0.05) is 66.0 Å². The van der Waals surface area contributed by atoms with Crippen LogP contribution >= 0.6 is 0 Å². The number of rotatable bonds is 9. The third kappa shape index (κ3) is 6.72. The van der Waals surface area contributed by atoms with Gasteiger partial charge < -0.3 is 9.84 Å². The van der Waals surface area contributed by atoms with Crippen molar-refractivity contribution in [1.29, 1.82) is 0 Å². The fourth-order valence-corrected chi connectivity index (χ4v) is 3.04. The Morgan fingerprint density at radius 2 is 1.84 bits per heavy atom. The number of esters is 1. The van der Waals surface area contributed by atoms with E-state index in [0.29, 0.717) is 18.8 Å². The maximum absolute atomic E-state index is 12.4. The summed E-state index contributed by atoms with van der Waals surface area (Å²) in [5.74, 6) is 0.146. The number of aromatic hydroxyl groups is 1. The zero-order valence-electron chi connectivity index (χ0n) is 16.9. The number of hydrogen-bond acceptors (Lipinski definition) is 3. The van der Waals surface area contributed by atoms with Gasteiger partial charge in [-0.2, -0.15) is 0 Å². The van der Waals surface area contributed by atoms with E-state index in [-0.39, 0.29) is 17.3 Å². The van der Waals surface area contributed by atoms with E-state index >= 15 is 0 Å². The van der Waals surface area contributed by atoms with Crippen LogP contribution in [-0.2, 0) is 21.4 Å². The van der Waals surface area contributed by atoms with E-state index in [0.717, 1.165) is 36.0 Å². The molecule has 1 rings (SSSR count). The van der Waals surface area contributed by atoms with Crippen molar-refractivity contribution >= 4 is 5.97 Å². The molecule has 0 saturated carbocycles. The van der Waals surface area contributed by atoms with Crippen molar-refractivity contribution < 1.29 is 14.6 Å². The number of aryl methyl sites for hydroxylation is 1. The Balaban J connectivity index is 2.77. The molecule has 0 spiro atoms. The first-order chi connectivity index (χ1) is 11.7. The molecular formula is C22H36O3. The molecule has 25 heavy (non-hydrogen) atoms. The van der Waals surface area contributed by atoms with Crippen molar-refractivity contribution in [3.8, 4) is 5.75 Å². The van der Waals surface area contributed by atoms with Crippen LogP contribution in [0.2, 0.25) is 0 Å². The third-order valence-corrected chi connectivity index (χ3v) is 4.72. The molecule has 3 nitrogen and oxygen atoms in total. The lowest BCUT2D eigenvalue weighted by Gasteiger charge is -2.23. The summed E-state index contributed by atoms with van der Waals surface area (Å²) >= 11 is 0. The normalized spacial score (nSPS) is 12.9. The Bertz CT molecular complexity index is 555. The van der Waals surface area contributed by atoms with Gasteiger partial charge in [-0.25, -0.2) is 0 Å². The summed E-state index contributed by atoms with van der Waals surface area (Å²) in [6.45, 7) is 12.9.